The highest BCUT2D eigenvalue weighted by Gasteiger charge is 2.27. The van der Waals surface area contributed by atoms with E-state index in [2.05, 4.69) is 10.3 Å². The predicted molar refractivity (Wildman–Crippen MR) is 91.4 cm³/mol. The van der Waals surface area contributed by atoms with Gasteiger partial charge in [0.1, 0.15) is 5.75 Å². The molecule has 24 heavy (non-hydrogen) atoms. The number of methoxy groups -OCH3 is 1. The fourth-order valence-corrected chi connectivity index (χ4v) is 3.35. The van der Waals surface area contributed by atoms with Crippen LogP contribution < -0.4 is 10.1 Å². The average Bonchev–Trinajstić information content (AvgIpc) is 3.13. The summed E-state index contributed by atoms with van der Waals surface area (Å²) in [6.45, 7) is 6.29. The van der Waals surface area contributed by atoms with E-state index in [1.807, 2.05) is 17.9 Å². The molecule has 3 heterocycles. The third kappa shape index (κ3) is 4.05. The Balaban J connectivity index is 1.51. The zero-order valence-electron chi connectivity index (χ0n) is 14.6. The molecular weight excluding hydrogens is 306 g/mol. The summed E-state index contributed by atoms with van der Waals surface area (Å²) in [6, 6.07) is 1.86. The van der Waals surface area contributed by atoms with E-state index in [1.165, 1.54) is 0 Å². The van der Waals surface area contributed by atoms with Crippen molar-refractivity contribution in [3.63, 3.8) is 0 Å². The van der Waals surface area contributed by atoms with E-state index in [-0.39, 0.29) is 5.91 Å². The van der Waals surface area contributed by atoms with Gasteiger partial charge in [0.05, 0.1) is 13.2 Å². The number of piperidine rings is 1. The maximum absolute atomic E-state index is 12.7. The van der Waals surface area contributed by atoms with Gasteiger partial charge in [0.25, 0.3) is 5.91 Å². The molecule has 1 amide bonds. The summed E-state index contributed by atoms with van der Waals surface area (Å²) in [5.74, 6) is 1.06. The number of hydrogen-bond acceptors (Lipinski definition) is 5. The van der Waals surface area contributed by atoms with E-state index >= 15 is 0 Å². The summed E-state index contributed by atoms with van der Waals surface area (Å²) in [4.78, 5) is 18.9. The lowest BCUT2D eigenvalue weighted by molar-refractivity contribution is 0.0215. The van der Waals surface area contributed by atoms with Crippen LogP contribution >= 0.6 is 0 Å². The SMILES string of the molecule is COc1cc(C)cnc1C(=O)N1CCC(COC2CCNC2)CC1. The van der Waals surface area contributed by atoms with Gasteiger partial charge in [0, 0.05) is 32.4 Å². The van der Waals surface area contributed by atoms with Crippen LogP contribution in [0.2, 0.25) is 0 Å². The Bertz CT molecular complexity index is 565. The number of amides is 1. The minimum atomic E-state index is -0.0359. The standard InChI is InChI=1S/C18H27N3O3/c1-13-9-16(23-2)17(20-10-13)18(22)21-7-4-14(5-8-21)12-24-15-3-6-19-11-15/h9-10,14-15,19H,3-8,11-12H2,1-2H3. The highest BCUT2D eigenvalue weighted by atomic mass is 16.5. The van der Waals surface area contributed by atoms with Crippen molar-refractivity contribution in [2.45, 2.75) is 32.3 Å². The number of nitrogens with zero attached hydrogens (tertiary/aromatic N) is 2. The Hall–Kier alpha value is -1.66. The first-order valence-corrected chi connectivity index (χ1v) is 8.79. The Morgan fingerprint density at radius 3 is 2.83 bits per heavy atom. The molecule has 0 aliphatic carbocycles. The van der Waals surface area contributed by atoms with Crippen LogP contribution in [0.1, 0.15) is 35.3 Å². The van der Waals surface area contributed by atoms with Crippen LogP contribution in [0.25, 0.3) is 0 Å². The molecule has 2 saturated heterocycles. The average molecular weight is 333 g/mol. The van der Waals surface area contributed by atoms with Crippen molar-refractivity contribution in [1.82, 2.24) is 15.2 Å². The lowest BCUT2D eigenvalue weighted by atomic mass is 9.97. The summed E-state index contributed by atoms with van der Waals surface area (Å²) in [6.07, 6.45) is 5.16. The van der Waals surface area contributed by atoms with E-state index < -0.39 is 0 Å². The molecular formula is C18H27N3O3. The van der Waals surface area contributed by atoms with Gasteiger partial charge in [-0.1, -0.05) is 0 Å². The second-order valence-corrected chi connectivity index (χ2v) is 6.75. The zero-order chi connectivity index (χ0) is 16.9. The predicted octanol–water partition coefficient (Wildman–Crippen LogP) is 1.63. The number of rotatable bonds is 5. The van der Waals surface area contributed by atoms with Gasteiger partial charge in [-0.15, -0.1) is 0 Å². The van der Waals surface area contributed by atoms with Crippen molar-refractivity contribution in [3.8, 4) is 5.75 Å². The van der Waals surface area contributed by atoms with Crippen molar-refractivity contribution in [2.75, 3.05) is 39.9 Å². The number of carbonyl (C=O) groups excluding carboxylic acids is 1. The van der Waals surface area contributed by atoms with Crippen LogP contribution in [0.15, 0.2) is 12.3 Å². The fourth-order valence-electron chi connectivity index (χ4n) is 3.35. The molecule has 0 saturated carbocycles. The molecule has 1 N–H and O–H groups in total. The first kappa shape index (κ1) is 17.2. The maximum Gasteiger partial charge on any atom is 0.276 e. The lowest BCUT2D eigenvalue weighted by Gasteiger charge is -2.32. The van der Waals surface area contributed by atoms with Crippen LogP contribution in [-0.4, -0.2) is 61.8 Å². The second-order valence-electron chi connectivity index (χ2n) is 6.75. The Morgan fingerprint density at radius 2 is 2.17 bits per heavy atom. The Morgan fingerprint density at radius 1 is 1.38 bits per heavy atom. The topological polar surface area (TPSA) is 63.7 Å². The van der Waals surface area contributed by atoms with Crippen LogP contribution in [0, 0.1) is 12.8 Å². The van der Waals surface area contributed by atoms with Gasteiger partial charge in [-0.2, -0.15) is 0 Å². The van der Waals surface area contributed by atoms with Gasteiger partial charge in [-0.05, 0) is 50.3 Å². The van der Waals surface area contributed by atoms with E-state index in [1.54, 1.807) is 13.3 Å². The highest BCUT2D eigenvalue weighted by Crippen LogP contribution is 2.23. The molecule has 2 fully saturated rings. The molecule has 0 bridgehead atoms. The van der Waals surface area contributed by atoms with E-state index in [4.69, 9.17) is 9.47 Å². The van der Waals surface area contributed by atoms with Gasteiger partial charge in [0.2, 0.25) is 0 Å². The molecule has 1 aromatic rings. The highest BCUT2D eigenvalue weighted by molar-refractivity contribution is 5.95. The summed E-state index contributed by atoms with van der Waals surface area (Å²) in [7, 11) is 1.58. The number of pyridine rings is 1. The first-order chi connectivity index (χ1) is 11.7. The molecule has 1 aromatic heterocycles. The van der Waals surface area contributed by atoms with Crippen LogP contribution in [0.5, 0.6) is 5.75 Å². The first-order valence-electron chi connectivity index (χ1n) is 8.79. The maximum atomic E-state index is 12.7. The smallest absolute Gasteiger partial charge is 0.276 e. The summed E-state index contributed by atoms with van der Waals surface area (Å²) >= 11 is 0. The van der Waals surface area contributed by atoms with Gasteiger partial charge >= 0.3 is 0 Å². The van der Waals surface area contributed by atoms with E-state index in [0.717, 1.165) is 57.6 Å². The van der Waals surface area contributed by atoms with Crippen LogP contribution in [0.3, 0.4) is 0 Å². The molecule has 6 nitrogen and oxygen atoms in total. The lowest BCUT2D eigenvalue weighted by Crippen LogP contribution is -2.40. The number of ether oxygens (including phenoxy) is 2. The molecule has 1 atom stereocenters. The molecule has 0 spiro atoms. The van der Waals surface area contributed by atoms with Crippen molar-refractivity contribution in [1.29, 1.82) is 0 Å². The zero-order valence-corrected chi connectivity index (χ0v) is 14.6. The van der Waals surface area contributed by atoms with Crippen molar-refractivity contribution >= 4 is 5.91 Å². The quantitative estimate of drug-likeness (QED) is 0.887. The van der Waals surface area contributed by atoms with Crippen LogP contribution in [-0.2, 0) is 4.74 Å². The normalized spacial score (nSPS) is 21.9. The number of aryl methyl sites for hydroxylation is 1. The Kier molecular flexibility index (Phi) is 5.68. The summed E-state index contributed by atoms with van der Waals surface area (Å²) < 4.78 is 11.3. The van der Waals surface area contributed by atoms with Crippen molar-refractivity contribution in [2.24, 2.45) is 5.92 Å². The molecule has 2 aliphatic heterocycles. The third-order valence-electron chi connectivity index (χ3n) is 4.90. The van der Waals surface area contributed by atoms with Crippen molar-refractivity contribution < 1.29 is 14.3 Å². The summed E-state index contributed by atoms with van der Waals surface area (Å²) in [5, 5.41) is 3.32. The summed E-state index contributed by atoms with van der Waals surface area (Å²) in [5.41, 5.74) is 1.40. The molecule has 6 heteroatoms. The molecule has 0 aromatic carbocycles. The molecule has 1 unspecified atom stereocenters. The minimum absolute atomic E-state index is 0.0359. The largest absolute Gasteiger partial charge is 0.494 e. The number of aromatic nitrogens is 1. The van der Waals surface area contributed by atoms with Crippen LogP contribution in [0.4, 0.5) is 0 Å². The number of likely N-dealkylation sites (tertiary alicyclic amines) is 1. The van der Waals surface area contributed by atoms with Gasteiger partial charge in [-0.3, -0.25) is 4.79 Å². The molecule has 132 valence electrons. The fraction of sp³-hybridized carbons (Fsp3) is 0.667. The minimum Gasteiger partial charge on any atom is -0.494 e. The molecule has 3 rings (SSSR count). The van der Waals surface area contributed by atoms with Gasteiger partial charge in [0.15, 0.2) is 5.69 Å². The Labute approximate surface area is 143 Å². The van der Waals surface area contributed by atoms with Gasteiger partial charge < -0.3 is 19.7 Å². The third-order valence-corrected chi connectivity index (χ3v) is 4.90. The monoisotopic (exact) mass is 333 g/mol. The number of carbonyl (C=O) groups is 1. The van der Waals surface area contributed by atoms with Gasteiger partial charge in [-0.25, -0.2) is 4.98 Å². The van der Waals surface area contributed by atoms with E-state index in [0.29, 0.717) is 23.5 Å². The number of nitrogens with one attached hydrogen (secondary N) is 1. The van der Waals surface area contributed by atoms with Crippen molar-refractivity contribution in [3.05, 3.63) is 23.5 Å². The number of hydrogen-bond donors (Lipinski definition) is 1. The van der Waals surface area contributed by atoms with E-state index in [9.17, 15) is 4.79 Å². The molecule has 2 aliphatic rings. The second kappa shape index (κ2) is 7.94. The molecule has 0 radical (unpaired) electrons.